The molecule has 3 aromatic rings. The minimum Gasteiger partial charge on any atom is -0.492 e. The van der Waals surface area contributed by atoms with Gasteiger partial charge in [0.2, 0.25) is 10.0 Å². The van der Waals surface area contributed by atoms with E-state index in [1.165, 1.54) is 7.11 Å². The molecule has 2 heterocycles. The maximum atomic E-state index is 13.6. The van der Waals surface area contributed by atoms with E-state index in [1.54, 1.807) is 18.2 Å². The van der Waals surface area contributed by atoms with Gasteiger partial charge in [0.05, 0.1) is 48.7 Å². The fraction of sp³-hybridized carbons (Fsp3) is 0.312. The fourth-order valence-electron chi connectivity index (χ4n) is 5.23. The van der Waals surface area contributed by atoms with Crippen molar-refractivity contribution in [3.05, 3.63) is 94.8 Å². The number of benzene rings is 3. The Balaban J connectivity index is 1.39. The van der Waals surface area contributed by atoms with Gasteiger partial charge < -0.3 is 20.4 Å². The molecule has 0 aliphatic carbocycles. The number of nitrogens with zero attached hydrogens (tertiary/aromatic N) is 3. The van der Waals surface area contributed by atoms with E-state index in [4.69, 9.17) is 9.73 Å². The third kappa shape index (κ3) is 6.51. The number of rotatable bonds is 8. The second-order valence-electron chi connectivity index (χ2n) is 12.0. The largest absolute Gasteiger partial charge is 0.492 e. The first-order valence-electron chi connectivity index (χ1n) is 14.2. The van der Waals surface area contributed by atoms with Gasteiger partial charge in [0, 0.05) is 24.4 Å². The Bertz CT molecular complexity index is 1750. The third-order valence-corrected chi connectivity index (χ3v) is 8.22. The molecule has 1 atom stereocenters. The Morgan fingerprint density at radius 3 is 2.43 bits per heavy atom. The SMILES string of the molecule is COc1c(NC(=O)c2ccc(C)c(N3C=C(C4CN=C(c5ccccc5)N4C)NN3)c2)cc(C(C)(C)C)cc1NS(C)(=O)=O. The molecule has 0 bridgehead atoms. The van der Waals surface area contributed by atoms with E-state index in [0.29, 0.717) is 17.8 Å². The summed E-state index contributed by atoms with van der Waals surface area (Å²) in [6.45, 7) is 8.61. The molecule has 0 saturated heterocycles. The van der Waals surface area contributed by atoms with Crippen molar-refractivity contribution in [3.63, 3.8) is 0 Å². The summed E-state index contributed by atoms with van der Waals surface area (Å²) in [5, 5.41) is 4.79. The summed E-state index contributed by atoms with van der Waals surface area (Å²) in [5.41, 5.74) is 11.8. The number of likely N-dealkylation sites (N-methyl/N-ethyl adjacent to an activating group) is 1. The molecule has 44 heavy (non-hydrogen) atoms. The number of hydrazine groups is 2. The topological polar surface area (TPSA) is 127 Å². The van der Waals surface area contributed by atoms with Crippen molar-refractivity contribution in [1.29, 1.82) is 0 Å². The van der Waals surface area contributed by atoms with Crippen LogP contribution in [-0.2, 0) is 15.4 Å². The average molecular weight is 618 g/mol. The number of methoxy groups -OCH3 is 1. The number of hydrogen-bond acceptors (Lipinski definition) is 9. The van der Waals surface area contributed by atoms with Crippen LogP contribution in [0.4, 0.5) is 17.1 Å². The number of anilines is 3. The van der Waals surface area contributed by atoms with Gasteiger partial charge in [-0.25, -0.2) is 8.42 Å². The van der Waals surface area contributed by atoms with Gasteiger partial charge in [0.15, 0.2) is 5.75 Å². The lowest BCUT2D eigenvalue weighted by atomic mass is 9.86. The number of aryl methyl sites for hydroxylation is 1. The van der Waals surface area contributed by atoms with Crippen LogP contribution >= 0.6 is 0 Å². The van der Waals surface area contributed by atoms with E-state index < -0.39 is 10.0 Å². The highest BCUT2D eigenvalue weighted by Crippen LogP contribution is 2.39. The molecule has 0 fully saturated rings. The maximum absolute atomic E-state index is 13.6. The smallest absolute Gasteiger partial charge is 0.255 e. The van der Waals surface area contributed by atoms with Crippen molar-refractivity contribution in [2.24, 2.45) is 4.99 Å². The zero-order valence-electron chi connectivity index (χ0n) is 26.0. The highest BCUT2D eigenvalue weighted by molar-refractivity contribution is 7.92. The lowest BCUT2D eigenvalue weighted by molar-refractivity contribution is 0.102. The second kappa shape index (κ2) is 11.9. The maximum Gasteiger partial charge on any atom is 0.255 e. The van der Waals surface area contributed by atoms with Crippen LogP contribution in [0.5, 0.6) is 5.75 Å². The summed E-state index contributed by atoms with van der Waals surface area (Å²) in [6, 6.07) is 19.1. The van der Waals surface area contributed by atoms with Gasteiger partial charge in [-0.3, -0.25) is 19.5 Å². The van der Waals surface area contributed by atoms with Crippen LogP contribution < -0.4 is 30.7 Å². The number of carbonyl (C=O) groups excluding carboxylic acids is 1. The monoisotopic (exact) mass is 617 g/mol. The zero-order valence-corrected chi connectivity index (χ0v) is 26.8. The van der Waals surface area contributed by atoms with Gasteiger partial charge in [-0.2, -0.15) is 0 Å². The summed E-state index contributed by atoms with van der Waals surface area (Å²) < 4.78 is 32.3. The van der Waals surface area contributed by atoms with Crippen molar-refractivity contribution in [2.75, 3.05) is 42.0 Å². The van der Waals surface area contributed by atoms with E-state index in [0.717, 1.165) is 40.2 Å². The van der Waals surface area contributed by atoms with Crippen LogP contribution in [-0.4, -0.2) is 58.1 Å². The molecule has 0 radical (unpaired) electrons. The average Bonchev–Trinajstić information content (AvgIpc) is 3.59. The van der Waals surface area contributed by atoms with Crippen LogP contribution in [0.2, 0.25) is 0 Å². The number of amides is 1. The number of carbonyl (C=O) groups is 1. The third-order valence-electron chi connectivity index (χ3n) is 7.63. The lowest BCUT2D eigenvalue weighted by Gasteiger charge is -2.24. The number of amidine groups is 1. The van der Waals surface area contributed by atoms with Gasteiger partial charge in [-0.1, -0.05) is 57.2 Å². The highest BCUT2D eigenvalue weighted by atomic mass is 32.2. The molecule has 2 aliphatic heterocycles. The van der Waals surface area contributed by atoms with E-state index in [9.17, 15) is 13.2 Å². The van der Waals surface area contributed by atoms with Crippen LogP contribution in [0.3, 0.4) is 0 Å². The highest BCUT2D eigenvalue weighted by Gasteiger charge is 2.31. The van der Waals surface area contributed by atoms with Gasteiger partial charge in [0.25, 0.3) is 5.91 Å². The van der Waals surface area contributed by atoms with Crippen molar-refractivity contribution >= 4 is 38.8 Å². The van der Waals surface area contributed by atoms with E-state index >= 15 is 0 Å². The van der Waals surface area contributed by atoms with Gasteiger partial charge >= 0.3 is 0 Å². The number of hydrogen-bond donors (Lipinski definition) is 4. The van der Waals surface area contributed by atoms with Crippen molar-refractivity contribution in [2.45, 2.75) is 39.2 Å². The van der Waals surface area contributed by atoms with Gasteiger partial charge in [0.1, 0.15) is 5.84 Å². The van der Waals surface area contributed by atoms with Gasteiger partial charge in [-0.15, -0.1) is 5.53 Å². The van der Waals surface area contributed by atoms with Crippen LogP contribution in [0.1, 0.15) is 47.8 Å². The number of aliphatic imine (C=N–C) groups is 1. The Morgan fingerprint density at radius 1 is 1.07 bits per heavy atom. The Kier molecular flexibility index (Phi) is 8.32. The molecule has 0 saturated carbocycles. The second-order valence-corrected chi connectivity index (χ2v) is 13.8. The van der Waals surface area contributed by atoms with E-state index in [-0.39, 0.29) is 28.8 Å². The molecule has 5 rings (SSSR count). The summed E-state index contributed by atoms with van der Waals surface area (Å²) >= 11 is 0. The van der Waals surface area contributed by atoms with Crippen LogP contribution in [0, 0.1) is 6.92 Å². The van der Waals surface area contributed by atoms with Crippen LogP contribution in [0.25, 0.3) is 0 Å². The van der Waals surface area contributed by atoms with Gasteiger partial charge in [-0.05, 0) is 47.7 Å². The molecule has 11 nitrogen and oxygen atoms in total. The van der Waals surface area contributed by atoms with E-state index in [1.807, 2.05) is 76.3 Å². The number of sulfonamides is 1. The van der Waals surface area contributed by atoms with Crippen molar-refractivity contribution in [1.82, 2.24) is 15.9 Å². The van der Waals surface area contributed by atoms with Crippen LogP contribution in [0.15, 0.2) is 77.6 Å². The van der Waals surface area contributed by atoms with E-state index in [2.05, 4.69) is 38.0 Å². The predicted molar refractivity (Wildman–Crippen MR) is 176 cm³/mol. The minimum absolute atomic E-state index is 0.0202. The zero-order chi connectivity index (χ0) is 31.8. The number of ether oxygens (including phenoxy) is 1. The molecule has 0 spiro atoms. The summed E-state index contributed by atoms with van der Waals surface area (Å²) in [7, 11) is -0.130. The molecular weight excluding hydrogens is 578 g/mol. The molecule has 12 heteroatoms. The number of nitrogens with one attached hydrogen (secondary N) is 4. The lowest BCUT2D eigenvalue weighted by Crippen LogP contribution is -2.42. The molecule has 4 N–H and O–H groups in total. The molecular formula is C32H39N7O4S. The first-order chi connectivity index (χ1) is 20.7. The predicted octanol–water partition coefficient (Wildman–Crippen LogP) is 4.36. The molecule has 232 valence electrons. The summed E-state index contributed by atoms with van der Waals surface area (Å²) in [5.74, 6) is 0.793. The Hall–Kier alpha value is -4.55. The first-order valence-corrected chi connectivity index (χ1v) is 16.1. The summed E-state index contributed by atoms with van der Waals surface area (Å²) in [6.07, 6.45) is 3.05. The van der Waals surface area contributed by atoms with Crippen molar-refractivity contribution < 1.29 is 17.9 Å². The minimum atomic E-state index is -3.60. The van der Waals surface area contributed by atoms with Crippen molar-refractivity contribution in [3.8, 4) is 5.75 Å². The first kappa shape index (κ1) is 30.9. The molecule has 2 aliphatic rings. The summed E-state index contributed by atoms with van der Waals surface area (Å²) in [4.78, 5) is 20.5. The normalized spacial score (nSPS) is 16.8. The fourth-order valence-corrected chi connectivity index (χ4v) is 5.78. The molecule has 1 unspecified atom stereocenters. The molecule has 0 aromatic heterocycles. The quantitative estimate of drug-likeness (QED) is 0.294. The standard InChI is InChI=1S/C32H39N7O4S/c1-20-13-14-22(31(40)34-24-16-23(32(2,3)4)17-25(29(24)43-6)36-44(7,41)42)15-27(20)39-19-26(35-37-39)28-18-33-30(38(28)5)21-11-9-8-10-12-21/h8-17,19,28,35-37H,18H2,1-7H3,(H,34,40). The Labute approximate surface area is 259 Å². The molecule has 3 aromatic carbocycles. The molecule has 1 amide bonds. The Morgan fingerprint density at radius 2 is 1.77 bits per heavy atom.